The second kappa shape index (κ2) is 6.24. The molecule has 0 bridgehead atoms. The number of rotatable bonds is 3. The quantitative estimate of drug-likeness (QED) is 0.835. The van der Waals surface area contributed by atoms with Crippen LogP contribution in [0.4, 0.5) is 0 Å². The van der Waals surface area contributed by atoms with Gasteiger partial charge < -0.3 is 9.57 Å². The van der Waals surface area contributed by atoms with Gasteiger partial charge in [-0.2, -0.15) is 5.10 Å². The van der Waals surface area contributed by atoms with Gasteiger partial charge in [0.05, 0.1) is 0 Å². The Kier molecular flexibility index (Phi) is 3.97. The van der Waals surface area contributed by atoms with Crippen LogP contribution in [0.2, 0.25) is 0 Å². The lowest BCUT2D eigenvalue weighted by Gasteiger charge is -2.33. The van der Waals surface area contributed by atoms with E-state index < -0.39 is 0 Å². The molecule has 0 spiro atoms. The summed E-state index contributed by atoms with van der Waals surface area (Å²) >= 11 is 0. The minimum atomic E-state index is 0.102. The Bertz CT molecular complexity index is 538. The summed E-state index contributed by atoms with van der Waals surface area (Å²) in [5.41, 5.74) is 0. The van der Waals surface area contributed by atoms with Gasteiger partial charge in [-0.3, -0.25) is 9.58 Å². The van der Waals surface area contributed by atoms with Crippen LogP contribution in [0.15, 0.2) is 11.5 Å². The highest BCUT2D eigenvalue weighted by Gasteiger charge is 2.31. The van der Waals surface area contributed by atoms with Crippen LogP contribution in [0, 0.1) is 5.92 Å². The summed E-state index contributed by atoms with van der Waals surface area (Å²) in [4.78, 5) is 12.2. The van der Waals surface area contributed by atoms with Crippen LogP contribution < -0.4 is 0 Å². The number of ether oxygens (including phenoxy) is 1. The second-order valence-electron chi connectivity index (χ2n) is 6.42. The third-order valence-corrected chi connectivity index (χ3v) is 4.78. The number of piperidine rings is 1. The molecule has 2 unspecified atom stereocenters. The molecule has 1 aromatic heterocycles. The largest absolute Gasteiger partial charge is 0.470 e. The maximum absolute atomic E-state index is 6.15. The molecule has 4 rings (SSSR count). The average Bonchev–Trinajstić information content (AvgIpc) is 3.04. The van der Waals surface area contributed by atoms with Gasteiger partial charge in [0.2, 0.25) is 5.90 Å². The summed E-state index contributed by atoms with van der Waals surface area (Å²) in [7, 11) is 0. The zero-order chi connectivity index (χ0) is 14.8. The maximum atomic E-state index is 6.15. The summed E-state index contributed by atoms with van der Waals surface area (Å²) in [6.45, 7) is 4.74. The monoisotopic (exact) mass is 305 g/mol. The Morgan fingerprint density at radius 3 is 3.00 bits per heavy atom. The summed E-state index contributed by atoms with van der Waals surface area (Å²) in [5.74, 6) is 2.03. The molecule has 0 N–H and O–H groups in total. The molecule has 1 saturated heterocycles. The predicted molar refractivity (Wildman–Crippen MR) is 80.4 cm³/mol. The van der Waals surface area contributed by atoms with E-state index in [0.29, 0.717) is 6.61 Å². The van der Waals surface area contributed by atoms with E-state index in [-0.39, 0.29) is 12.0 Å². The lowest BCUT2D eigenvalue weighted by atomic mass is 9.97. The van der Waals surface area contributed by atoms with Crippen LogP contribution in [0.1, 0.15) is 31.5 Å². The van der Waals surface area contributed by atoms with Gasteiger partial charge >= 0.3 is 0 Å². The van der Waals surface area contributed by atoms with Crippen LogP contribution in [0.3, 0.4) is 0 Å². The fourth-order valence-corrected chi connectivity index (χ4v) is 3.55. The van der Waals surface area contributed by atoms with Gasteiger partial charge in [-0.15, -0.1) is 0 Å². The number of aromatic nitrogens is 3. The first-order valence-corrected chi connectivity index (χ1v) is 8.34. The molecule has 3 aliphatic heterocycles. The summed E-state index contributed by atoms with van der Waals surface area (Å²) in [6.07, 6.45) is 7.49. The lowest BCUT2D eigenvalue weighted by Crippen LogP contribution is -2.43. The number of hydrogen-bond donors (Lipinski definition) is 0. The first-order chi connectivity index (χ1) is 10.9. The van der Waals surface area contributed by atoms with Crippen molar-refractivity contribution in [1.29, 1.82) is 0 Å². The van der Waals surface area contributed by atoms with Crippen molar-refractivity contribution < 1.29 is 9.57 Å². The van der Waals surface area contributed by atoms with Crippen molar-refractivity contribution in [3.8, 4) is 0 Å². The number of likely N-dealkylation sites (tertiary alicyclic amines) is 1. The molecule has 7 nitrogen and oxygen atoms in total. The predicted octanol–water partition coefficient (Wildman–Crippen LogP) is 1.06. The summed E-state index contributed by atoms with van der Waals surface area (Å²) in [5, 5.41) is 8.39. The molecule has 2 atom stereocenters. The number of fused-ring (bicyclic) bond motifs is 1. The van der Waals surface area contributed by atoms with Gasteiger partial charge in [-0.05, 0) is 32.4 Å². The first kappa shape index (κ1) is 14.0. The van der Waals surface area contributed by atoms with E-state index in [1.165, 1.54) is 32.4 Å². The fraction of sp³-hybridized carbons (Fsp3) is 0.800. The molecule has 22 heavy (non-hydrogen) atoms. The molecule has 0 amide bonds. The highest BCUT2D eigenvalue weighted by atomic mass is 16.7. The van der Waals surface area contributed by atoms with Crippen molar-refractivity contribution >= 4 is 5.90 Å². The van der Waals surface area contributed by atoms with E-state index in [9.17, 15) is 0 Å². The van der Waals surface area contributed by atoms with Gasteiger partial charge in [0.1, 0.15) is 18.3 Å². The van der Waals surface area contributed by atoms with Crippen molar-refractivity contribution in [3.63, 3.8) is 0 Å². The van der Waals surface area contributed by atoms with Gasteiger partial charge in [0, 0.05) is 25.4 Å². The third kappa shape index (κ3) is 2.95. The number of hydrogen-bond acceptors (Lipinski definition) is 6. The summed E-state index contributed by atoms with van der Waals surface area (Å²) < 4.78 is 8.11. The van der Waals surface area contributed by atoms with Crippen molar-refractivity contribution in [1.82, 2.24) is 19.7 Å². The molecule has 3 aliphatic rings. The molecular weight excluding hydrogens is 282 g/mol. The SMILES string of the molecule is c1nc2n(n1)CCC(C1=NOCC(CN3CCCCC3)O1)C2. The van der Waals surface area contributed by atoms with Gasteiger partial charge in [0.25, 0.3) is 0 Å². The number of oxime groups is 1. The van der Waals surface area contributed by atoms with Gasteiger partial charge in [-0.25, -0.2) is 4.98 Å². The van der Waals surface area contributed by atoms with E-state index in [1.54, 1.807) is 6.33 Å². The minimum Gasteiger partial charge on any atom is -0.470 e. The fourth-order valence-electron chi connectivity index (χ4n) is 3.55. The van der Waals surface area contributed by atoms with Crippen LogP contribution in [-0.2, 0) is 22.5 Å². The molecule has 7 heteroatoms. The number of nitrogens with zero attached hydrogens (tertiary/aromatic N) is 5. The molecule has 1 aromatic rings. The summed E-state index contributed by atoms with van der Waals surface area (Å²) in [6, 6.07) is 0. The van der Waals surface area contributed by atoms with E-state index >= 15 is 0 Å². The van der Waals surface area contributed by atoms with Crippen LogP contribution in [0.25, 0.3) is 0 Å². The molecule has 4 heterocycles. The maximum Gasteiger partial charge on any atom is 0.229 e. The van der Waals surface area contributed by atoms with E-state index in [1.807, 2.05) is 4.68 Å². The molecular formula is C15H23N5O2. The molecule has 0 aliphatic carbocycles. The third-order valence-electron chi connectivity index (χ3n) is 4.78. The van der Waals surface area contributed by atoms with Crippen molar-refractivity contribution in [2.24, 2.45) is 11.1 Å². The molecule has 120 valence electrons. The zero-order valence-corrected chi connectivity index (χ0v) is 12.9. The average molecular weight is 305 g/mol. The Balaban J connectivity index is 1.36. The Morgan fingerprint density at radius 1 is 1.18 bits per heavy atom. The van der Waals surface area contributed by atoms with Gasteiger partial charge in [-0.1, -0.05) is 11.6 Å². The van der Waals surface area contributed by atoms with E-state index in [2.05, 4.69) is 20.1 Å². The zero-order valence-electron chi connectivity index (χ0n) is 12.9. The topological polar surface area (TPSA) is 64.8 Å². The first-order valence-electron chi connectivity index (χ1n) is 8.34. The van der Waals surface area contributed by atoms with Crippen molar-refractivity contribution in [2.75, 3.05) is 26.2 Å². The molecule has 0 saturated carbocycles. The molecule has 1 fully saturated rings. The van der Waals surface area contributed by atoms with Crippen LogP contribution >= 0.6 is 0 Å². The highest BCUT2D eigenvalue weighted by molar-refractivity contribution is 5.79. The molecule has 0 aromatic carbocycles. The van der Waals surface area contributed by atoms with E-state index in [4.69, 9.17) is 9.57 Å². The van der Waals surface area contributed by atoms with E-state index in [0.717, 1.165) is 37.7 Å². The van der Waals surface area contributed by atoms with Crippen molar-refractivity contribution in [3.05, 3.63) is 12.2 Å². The Labute approximate surface area is 130 Å². The Morgan fingerprint density at radius 2 is 2.09 bits per heavy atom. The van der Waals surface area contributed by atoms with Crippen LogP contribution in [0.5, 0.6) is 0 Å². The van der Waals surface area contributed by atoms with Gasteiger partial charge in [0.15, 0.2) is 6.61 Å². The highest BCUT2D eigenvalue weighted by Crippen LogP contribution is 2.23. The van der Waals surface area contributed by atoms with Crippen LogP contribution in [-0.4, -0.2) is 57.9 Å². The second-order valence-corrected chi connectivity index (χ2v) is 6.42. The smallest absolute Gasteiger partial charge is 0.229 e. The standard InChI is InChI=1S/C15H23N5O2/c1-2-5-19(6-3-1)9-13-10-21-18-15(22-13)12-4-7-20-14(8-12)16-11-17-20/h11-13H,1-10H2. The molecule has 0 radical (unpaired) electrons. The normalized spacial score (nSPS) is 29.2. The minimum absolute atomic E-state index is 0.102. The van der Waals surface area contributed by atoms with Crippen molar-refractivity contribution in [2.45, 2.75) is 44.8 Å². The Hall–Kier alpha value is -1.63. The number of aryl methyl sites for hydroxylation is 1. The lowest BCUT2D eigenvalue weighted by molar-refractivity contribution is -0.0162.